The van der Waals surface area contributed by atoms with Gasteiger partial charge < -0.3 is 15.4 Å². The minimum absolute atomic E-state index is 0.0280. The lowest BCUT2D eigenvalue weighted by Gasteiger charge is -2.36. The van der Waals surface area contributed by atoms with Crippen LogP contribution in [0.15, 0.2) is 30.3 Å². The molecule has 1 unspecified atom stereocenters. The fourth-order valence-corrected chi connectivity index (χ4v) is 2.52. The van der Waals surface area contributed by atoms with Gasteiger partial charge in [-0.25, -0.2) is 0 Å². The third-order valence-electron chi connectivity index (χ3n) is 3.62. The third kappa shape index (κ3) is 3.55. The van der Waals surface area contributed by atoms with Crippen LogP contribution in [-0.4, -0.2) is 38.3 Å². The molecular formula is C15H22N2O2. The second-order valence-corrected chi connectivity index (χ2v) is 4.98. The van der Waals surface area contributed by atoms with E-state index in [4.69, 9.17) is 4.74 Å². The maximum absolute atomic E-state index is 12.1. The zero-order valence-corrected chi connectivity index (χ0v) is 11.4. The highest BCUT2D eigenvalue weighted by Gasteiger charge is 2.39. The molecule has 1 heterocycles. The molecule has 104 valence electrons. The van der Waals surface area contributed by atoms with Crippen molar-refractivity contribution in [2.45, 2.75) is 24.8 Å². The van der Waals surface area contributed by atoms with Crippen molar-refractivity contribution >= 4 is 5.91 Å². The van der Waals surface area contributed by atoms with Crippen LogP contribution in [0.1, 0.15) is 18.4 Å². The summed E-state index contributed by atoms with van der Waals surface area (Å²) in [5, 5.41) is 6.14. The molecule has 1 aromatic carbocycles. The summed E-state index contributed by atoms with van der Waals surface area (Å²) in [5.41, 5.74) is 0.723. The topological polar surface area (TPSA) is 50.4 Å². The number of nitrogens with one attached hydrogen (secondary N) is 2. The molecule has 19 heavy (non-hydrogen) atoms. The van der Waals surface area contributed by atoms with Gasteiger partial charge in [0.25, 0.3) is 0 Å². The van der Waals surface area contributed by atoms with Gasteiger partial charge in [0.1, 0.15) is 5.54 Å². The molecule has 0 bridgehead atoms. The van der Waals surface area contributed by atoms with E-state index < -0.39 is 5.54 Å². The summed E-state index contributed by atoms with van der Waals surface area (Å²) in [4.78, 5) is 12.1. The number of hydrogen-bond acceptors (Lipinski definition) is 3. The number of ether oxygens (including phenoxy) is 1. The summed E-state index contributed by atoms with van der Waals surface area (Å²) in [6, 6.07) is 10.3. The maximum Gasteiger partial charge on any atom is 0.242 e. The largest absolute Gasteiger partial charge is 0.379 e. The van der Waals surface area contributed by atoms with Gasteiger partial charge in [-0.3, -0.25) is 4.79 Å². The molecule has 1 fully saturated rings. The molecule has 2 N–H and O–H groups in total. The highest BCUT2D eigenvalue weighted by Crippen LogP contribution is 2.19. The first-order valence-electron chi connectivity index (χ1n) is 6.86. The number of amides is 1. The highest BCUT2D eigenvalue weighted by molar-refractivity contribution is 5.86. The molecular weight excluding hydrogens is 240 g/mol. The number of hydrogen-bond donors (Lipinski definition) is 2. The first kappa shape index (κ1) is 14.0. The second-order valence-electron chi connectivity index (χ2n) is 4.98. The lowest BCUT2D eigenvalue weighted by molar-refractivity contribution is -0.132. The average Bonchev–Trinajstić information content (AvgIpc) is 2.48. The predicted octanol–water partition coefficient (Wildman–Crippen LogP) is 1.11. The Bertz CT molecular complexity index is 400. The number of benzene rings is 1. The van der Waals surface area contributed by atoms with Crippen molar-refractivity contribution in [3.63, 3.8) is 0 Å². The summed E-state index contributed by atoms with van der Waals surface area (Å²) in [6.07, 6.45) is 2.67. The van der Waals surface area contributed by atoms with Crippen LogP contribution in [0.4, 0.5) is 0 Å². The average molecular weight is 262 g/mol. The van der Waals surface area contributed by atoms with E-state index in [1.807, 2.05) is 18.2 Å². The molecule has 0 saturated carbocycles. The monoisotopic (exact) mass is 262 g/mol. The van der Waals surface area contributed by atoms with Gasteiger partial charge in [0.05, 0.1) is 6.61 Å². The van der Waals surface area contributed by atoms with E-state index in [-0.39, 0.29) is 5.91 Å². The Hall–Kier alpha value is -1.39. The Balaban J connectivity index is 1.91. The normalized spacial score (nSPS) is 23.0. The third-order valence-corrected chi connectivity index (χ3v) is 3.62. The van der Waals surface area contributed by atoms with E-state index in [1.165, 1.54) is 5.56 Å². The first-order chi connectivity index (χ1) is 9.27. The lowest BCUT2D eigenvalue weighted by Crippen LogP contribution is -2.61. The van der Waals surface area contributed by atoms with Crippen molar-refractivity contribution < 1.29 is 9.53 Å². The van der Waals surface area contributed by atoms with Gasteiger partial charge in [0.15, 0.2) is 0 Å². The van der Waals surface area contributed by atoms with Crippen molar-refractivity contribution in [1.82, 2.24) is 10.6 Å². The molecule has 1 amide bonds. The summed E-state index contributed by atoms with van der Waals surface area (Å²) in [7, 11) is 1.68. The van der Waals surface area contributed by atoms with Gasteiger partial charge in [-0.15, -0.1) is 0 Å². The number of rotatable bonds is 5. The van der Waals surface area contributed by atoms with Crippen LogP contribution in [0.25, 0.3) is 0 Å². The molecule has 0 aromatic heterocycles. The van der Waals surface area contributed by atoms with Gasteiger partial charge in [-0.05, 0) is 24.8 Å². The smallest absolute Gasteiger partial charge is 0.242 e. The van der Waals surface area contributed by atoms with Crippen LogP contribution >= 0.6 is 0 Å². The predicted molar refractivity (Wildman–Crippen MR) is 75.0 cm³/mol. The van der Waals surface area contributed by atoms with Crippen molar-refractivity contribution in [1.29, 1.82) is 0 Å². The molecule has 0 spiro atoms. The first-order valence-corrected chi connectivity index (χ1v) is 6.86. The van der Waals surface area contributed by atoms with Gasteiger partial charge in [-0.1, -0.05) is 30.3 Å². The number of likely N-dealkylation sites (N-methyl/N-ethyl adjacent to an activating group) is 1. The van der Waals surface area contributed by atoms with Crippen LogP contribution in [0.3, 0.4) is 0 Å². The van der Waals surface area contributed by atoms with E-state index in [0.717, 1.165) is 32.4 Å². The maximum atomic E-state index is 12.1. The minimum atomic E-state index is -0.554. The second kappa shape index (κ2) is 6.68. The summed E-state index contributed by atoms with van der Waals surface area (Å²) in [5.74, 6) is 0.0280. The molecule has 4 nitrogen and oxygen atoms in total. The van der Waals surface area contributed by atoms with Crippen molar-refractivity contribution in [2.24, 2.45) is 0 Å². The van der Waals surface area contributed by atoms with Crippen molar-refractivity contribution in [2.75, 3.05) is 26.8 Å². The fraction of sp³-hybridized carbons (Fsp3) is 0.533. The standard InChI is InChI=1S/C15H22N2O2/c1-16-14(18)15(9-5-11-19-12-15)17-10-8-13-6-3-2-4-7-13/h2-4,6-7,17H,5,8-12H2,1H3,(H,16,18). The Morgan fingerprint density at radius 2 is 2.16 bits per heavy atom. The zero-order valence-electron chi connectivity index (χ0n) is 11.4. The Morgan fingerprint density at radius 1 is 1.37 bits per heavy atom. The summed E-state index contributed by atoms with van der Waals surface area (Å²) < 4.78 is 5.49. The number of carbonyl (C=O) groups is 1. The lowest BCUT2D eigenvalue weighted by atomic mass is 9.91. The molecule has 1 saturated heterocycles. The highest BCUT2D eigenvalue weighted by atomic mass is 16.5. The van der Waals surface area contributed by atoms with Crippen LogP contribution in [0, 0.1) is 0 Å². The van der Waals surface area contributed by atoms with Gasteiger partial charge in [0.2, 0.25) is 5.91 Å². The zero-order chi connectivity index (χ0) is 13.6. The molecule has 2 rings (SSSR count). The van der Waals surface area contributed by atoms with Crippen molar-refractivity contribution in [3.8, 4) is 0 Å². The Morgan fingerprint density at radius 3 is 2.79 bits per heavy atom. The van der Waals surface area contributed by atoms with Crippen LogP contribution in [-0.2, 0) is 16.0 Å². The van der Waals surface area contributed by atoms with E-state index >= 15 is 0 Å². The number of carbonyl (C=O) groups excluding carboxylic acids is 1. The van der Waals surface area contributed by atoms with Crippen LogP contribution in [0.2, 0.25) is 0 Å². The van der Waals surface area contributed by atoms with E-state index in [9.17, 15) is 4.79 Å². The quantitative estimate of drug-likeness (QED) is 0.836. The molecule has 1 atom stereocenters. The molecule has 1 aliphatic heterocycles. The summed E-state index contributed by atoms with van der Waals surface area (Å²) in [6.45, 7) is 1.99. The summed E-state index contributed by atoms with van der Waals surface area (Å²) >= 11 is 0. The molecule has 1 aliphatic rings. The van der Waals surface area contributed by atoms with E-state index in [2.05, 4.69) is 22.8 Å². The molecule has 0 aliphatic carbocycles. The Labute approximate surface area is 114 Å². The van der Waals surface area contributed by atoms with Crippen molar-refractivity contribution in [3.05, 3.63) is 35.9 Å². The SMILES string of the molecule is CNC(=O)C1(NCCc2ccccc2)CCCOC1. The van der Waals surface area contributed by atoms with E-state index in [0.29, 0.717) is 6.61 Å². The molecule has 0 radical (unpaired) electrons. The Kier molecular flexibility index (Phi) is 4.93. The molecule has 1 aromatic rings. The van der Waals surface area contributed by atoms with Gasteiger partial charge in [-0.2, -0.15) is 0 Å². The van der Waals surface area contributed by atoms with Crippen LogP contribution in [0.5, 0.6) is 0 Å². The van der Waals surface area contributed by atoms with E-state index in [1.54, 1.807) is 7.05 Å². The molecule has 4 heteroatoms. The minimum Gasteiger partial charge on any atom is -0.379 e. The van der Waals surface area contributed by atoms with Crippen LogP contribution < -0.4 is 10.6 Å². The fourth-order valence-electron chi connectivity index (χ4n) is 2.52. The van der Waals surface area contributed by atoms with Gasteiger partial charge in [0, 0.05) is 20.2 Å². The van der Waals surface area contributed by atoms with Gasteiger partial charge >= 0.3 is 0 Å².